The minimum Gasteiger partial charge on any atom is -0.481 e. The molecule has 1 saturated heterocycles. The van der Waals surface area contributed by atoms with Gasteiger partial charge in [-0.05, 0) is 104 Å². The number of nitrogens with zero attached hydrogens (tertiary/aromatic N) is 4. The fourth-order valence-corrected chi connectivity index (χ4v) is 13.3. The van der Waals surface area contributed by atoms with Crippen LogP contribution in [0.15, 0.2) is 36.3 Å². The molecule has 0 unspecified atom stereocenters. The summed E-state index contributed by atoms with van der Waals surface area (Å²) in [6.45, 7) is 24.9. The summed E-state index contributed by atoms with van der Waals surface area (Å²) < 4.78 is 21.8. The number of nitrogens with one attached hydrogen (secondary N) is 1. The predicted molar refractivity (Wildman–Crippen MR) is 214 cm³/mol. The number of aromatic nitrogens is 4. The fraction of sp³-hybridized carbons (Fsp3) is 0.778. The number of fused-ring (bicyclic) bond motifs is 3. The van der Waals surface area contributed by atoms with Gasteiger partial charge in [-0.15, -0.1) is 0 Å². The monoisotopic (exact) mass is 760 g/mol. The topological polar surface area (TPSA) is 121 Å². The van der Waals surface area contributed by atoms with Gasteiger partial charge in [0.25, 0.3) is 0 Å². The van der Waals surface area contributed by atoms with Crippen molar-refractivity contribution in [2.45, 2.75) is 125 Å². The Labute approximate surface area is 330 Å². The van der Waals surface area contributed by atoms with Crippen molar-refractivity contribution in [1.29, 1.82) is 0 Å². The Hall–Kier alpha value is -2.82. The average molecular weight is 760 g/mol. The van der Waals surface area contributed by atoms with Crippen molar-refractivity contribution < 1.29 is 24.1 Å². The highest BCUT2D eigenvalue weighted by Crippen LogP contribution is 2.75. The normalized spacial score (nSPS) is 40.0. The molecule has 2 bridgehead atoms. The molecule has 2 aromatic rings. The summed E-state index contributed by atoms with van der Waals surface area (Å²) >= 11 is 0. The largest absolute Gasteiger partial charge is 0.481 e. The van der Waals surface area contributed by atoms with E-state index in [1.165, 1.54) is 5.57 Å². The van der Waals surface area contributed by atoms with Crippen LogP contribution >= 0.6 is 0 Å². The number of carboxylic acid groups (broad SMARTS) is 1. The molecule has 7 rings (SSSR count). The molecule has 3 heterocycles. The summed E-state index contributed by atoms with van der Waals surface area (Å²) in [4.78, 5) is 22.9. The van der Waals surface area contributed by atoms with Crippen LogP contribution in [0.2, 0.25) is 0 Å². The number of carbonyl (C=O) groups is 1. The first kappa shape index (κ1) is 40.4. The molecule has 304 valence electrons. The maximum atomic E-state index is 13.6. The van der Waals surface area contributed by atoms with Gasteiger partial charge >= 0.3 is 5.97 Å². The maximum absolute atomic E-state index is 13.6. The van der Waals surface area contributed by atoms with Crippen molar-refractivity contribution in [2.24, 2.45) is 62.6 Å². The summed E-state index contributed by atoms with van der Waals surface area (Å²) in [7, 11) is 3.66. The second-order valence-corrected chi connectivity index (χ2v) is 20.3. The Bertz CT molecular complexity index is 1790. The molecule has 5 aliphatic rings. The number of hydrogen-bond donors (Lipinski definition) is 2. The molecule has 10 nitrogen and oxygen atoms in total. The summed E-state index contributed by atoms with van der Waals surface area (Å²) in [5.41, 5.74) is 0.833. The first-order chi connectivity index (χ1) is 25.9. The quantitative estimate of drug-likeness (QED) is 0.217. The first-order valence-electron chi connectivity index (χ1n) is 21.1. The molecule has 1 aliphatic heterocycles. The molecule has 4 aliphatic carbocycles. The van der Waals surface area contributed by atoms with Crippen LogP contribution in [0.25, 0.3) is 11.4 Å². The molecule has 12 atom stereocenters. The number of ether oxygens (including phenoxy) is 3. The van der Waals surface area contributed by atoms with Gasteiger partial charge < -0.3 is 24.6 Å². The Morgan fingerprint density at radius 2 is 1.84 bits per heavy atom. The van der Waals surface area contributed by atoms with Crippen LogP contribution in [0.5, 0.6) is 5.88 Å². The van der Waals surface area contributed by atoms with Gasteiger partial charge in [-0.3, -0.25) is 4.79 Å². The van der Waals surface area contributed by atoms with Crippen LogP contribution in [0, 0.1) is 62.6 Å². The summed E-state index contributed by atoms with van der Waals surface area (Å²) in [6, 6.07) is 3.79. The van der Waals surface area contributed by atoms with Gasteiger partial charge in [-0.25, -0.2) is 14.6 Å². The van der Waals surface area contributed by atoms with E-state index in [-0.39, 0.29) is 50.7 Å². The van der Waals surface area contributed by atoms with Crippen molar-refractivity contribution in [1.82, 2.24) is 25.1 Å². The molecule has 0 amide bonds. The lowest BCUT2D eigenvalue weighted by Gasteiger charge is -2.71. The number of carboxylic acids is 1. The number of aliphatic carboxylic acids is 1. The number of allylic oxidation sites excluding steroid dienone is 1. The molecule has 10 heteroatoms. The van der Waals surface area contributed by atoms with Gasteiger partial charge in [0.05, 0.1) is 45.0 Å². The third-order valence-corrected chi connectivity index (χ3v) is 17.6. The minimum absolute atomic E-state index is 0.121. The SMILES string of the molecule is CN[C@@](C)(CO[C@H]1[C@H](n2ncnc2-c2ccnc(OC)c2)C[C@@]23COC[C@@]1(C)[C@@H]2CC[C@H]1C3=CC[C@@]2(C)[C@H](C(=O)O)[C@@](C)([C@H](C)C(C)C)CC[C@]12C)C(C)C. The lowest BCUT2D eigenvalue weighted by atomic mass is 9.34. The van der Waals surface area contributed by atoms with Gasteiger partial charge in [0, 0.05) is 34.2 Å². The molecular weight excluding hydrogens is 691 g/mol. The van der Waals surface area contributed by atoms with E-state index in [4.69, 9.17) is 24.3 Å². The molecule has 0 spiro atoms. The Morgan fingerprint density at radius 1 is 1.09 bits per heavy atom. The highest BCUT2D eigenvalue weighted by Gasteiger charge is 2.72. The summed E-state index contributed by atoms with van der Waals surface area (Å²) in [6.07, 6.45) is 11.4. The van der Waals surface area contributed by atoms with Crippen LogP contribution in [0.4, 0.5) is 0 Å². The highest BCUT2D eigenvalue weighted by atomic mass is 16.5. The number of pyridine rings is 1. The van der Waals surface area contributed by atoms with Gasteiger partial charge in [-0.2, -0.15) is 5.10 Å². The fourth-order valence-electron chi connectivity index (χ4n) is 13.3. The van der Waals surface area contributed by atoms with Crippen molar-refractivity contribution in [3.05, 3.63) is 36.3 Å². The lowest BCUT2D eigenvalue weighted by Crippen LogP contribution is -2.69. The first-order valence-corrected chi connectivity index (χ1v) is 21.1. The molecule has 0 aromatic carbocycles. The minimum atomic E-state index is -0.625. The van der Waals surface area contributed by atoms with Gasteiger partial charge in [0.2, 0.25) is 5.88 Å². The highest BCUT2D eigenvalue weighted by molar-refractivity contribution is 5.73. The summed E-state index contributed by atoms with van der Waals surface area (Å²) in [5, 5.41) is 19.8. The molecule has 4 fully saturated rings. The third kappa shape index (κ3) is 5.79. The molecule has 2 N–H and O–H groups in total. The van der Waals surface area contributed by atoms with Crippen molar-refractivity contribution in [3.8, 4) is 17.3 Å². The molecule has 0 radical (unpaired) electrons. The van der Waals surface area contributed by atoms with Gasteiger partial charge in [0.15, 0.2) is 5.82 Å². The zero-order valence-corrected chi connectivity index (χ0v) is 35.7. The summed E-state index contributed by atoms with van der Waals surface area (Å²) in [5.74, 6) is 1.96. The zero-order valence-electron chi connectivity index (χ0n) is 35.7. The molecule has 55 heavy (non-hydrogen) atoms. The van der Waals surface area contributed by atoms with E-state index in [9.17, 15) is 9.90 Å². The number of hydrogen-bond acceptors (Lipinski definition) is 8. The van der Waals surface area contributed by atoms with Gasteiger partial charge in [-0.1, -0.05) is 74.0 Å². The van der Waals surface area contributed by atoms with Crippen LogP contribution < -0.4 is 10.1 Å². The number of methoxy groups -OCH3 is 1. The van der Waals surface area contributed by atoms with Crippen LogP contribution in [0.1, 0.15) is 114 Å². The van der Waals surface area contributed by atoms with E-state index >= 15 is 0 Å². The van der Waals surface area contributed by atoms with E-state index < -0.39 is 11.9 Å². The second kappa shape index (κ2) is 13.9. The molecule has 3 saturated carbocycles. The van der Waals surface area contributed by atoms with Crippen LogP contribution in [-0.2, 0) is 14.3 Å². The second-order valence-electron chi connectivity index (χ2n) is 20.3. The van der Waals surface area contributed by atoms with Crippen molar-refractivity contribution in [2.75, 3.05) is 34.0 Å². The number of rotatable bonds is 11. The number of likely N-dealkylation sites (N-methyl/N-ethyl adjacent to an activating group) is 1. The Morgan fingerprint density at radius 3 is 2.49 bits per heavy atom. The third-order valence-electron chi connectivity index (χ3n) is 17.6. The standard InChI is InChI=1S/C45H69N5O5/c1-27(2)29(5)40(6)18-19-42(8)31-13-14-34-41(7)23-54-25-45(34,32(31)15-17-43(42,9)36(40)39(51)52)22-33(37(41)55-24-44(10,46-11)28(3)4)50-38(48-26-49-50)30-16-20-47-35(21-30)53-12/h15-16,20-21,26-29,31,33-34,36-37,46H,13-14,17-19,22-25H2,1-12H3,(H,51,52)/t29-,31+,33-,34+,36-,37+,40-,41+,42-,43+,44+,45+/m1/s1. The van der Waals surface area contributed by atoms with Crippen molar-refractivity contribution >= 4 is 5.97 Å². The Kier molecular flexibility index (Phi) is 10.2. The van der Waals surface area contributed by atoms with E-state index in [2.05, 4.69) is 90.3 Å². The maximum Gasteiger partial charge on any atom is 0.307 e. The smallest absolute Gasteiger partial charge is 0.307 e. The van der Waals surface area contributed by atoms with Crippen LogP contribution in [0.3, 0.4) is 0 Å². The van der Waals surface area contributed by atoms with E-state index in [1.807, 2.05) is 19.2 Å². The predicted octanol–water partition coefficient (Wildman–Crippen LogP) is 8.50. The van der Waals surface area contributed by atoms with E-state index in [0.717, 1.165) is 49.9 Å². The molecule has 2 aromatic heterocycles. The van der Waals surface area contributed by atoms with E-state index in [1.54, 1.807) is 19.6 Å². The zero-order chi connectivity index (χ0) is 39.9. The van der Waals surface area contributed by atoms with Crippen molar-refractivity contribution in [3.63, 3.8) is 0 Å². The Balaban J connectivity index is 1.36. The van der Waals surface area contributed by atoms with Crippen LogP contribution in [-0.4, -0.2) is 76.4 Å². The van der Waals surface area contributed by atoms with E-state index in [0.29, 0.717) is 49.4 Å². The lowest BCUT2D eigenvalue weighted by molar-refractivity contribution is -0.253. The van der Waals surface area contributed by atoms with Gasteiger partial charge in [0.1, 0.15) is 6.33 Å². The molecular formula is C45H69N5O5. The average Bonchev–Trinajstić information content (AvgIpc) is 3.64.